The first-order chi connectivity index (χ1) is 10.9. The number of carbonyl (C=O) groups is 1. The third-order valence-electron chi connectivity index (χ3n) is 3.46. The van der Waals surface area contributed by atoms with E-state index >= 15 is 0 Å². The Kier molecular flexibility index (Phi) is 6.46. The van der Waals surface area contributed by atoms with E-state index in [2.05, 4.69) is 4.72 Å². The number of methoxy groups -OCH3 is 1. The number of rotatable bonds is 6. The monoisotopic (exact) mass is 358 g/mol. The molecule has 0 aliphatic carbocycles. The molecule has 8 heteroatoms. The molecule has 1 fully saturated rings. The predicted octanol–water partition coefficient (Wildman–Crippen LogP) is 1.19. The van der Waals surface area contributed by atoms with Gasteiger partial charge in [-0.1, -0.05) is 6.07 Å². The minimum Gasteiger partial charge on any atom is -0.383 e. The van der Waals surface area contributed by atoms with Gasteiger partial charge in [0, 0.05) is 43.3 Å². The first kappa shape index (κ1) is 18.3. The van der Waals surface area contributed by atoms with Crippen molar-refractivity contribution in [2.24, 2.45) is 0 Å². The zero-order valence-corrected chi connectivity index (χ0v) is 15.0. The van der Waals surface area contributed by atoms with Crippen molar-refractivity contribution >= 4 is 27.7 Å². The number of nitrogens with one attached hydrogen (secondary N) is 1. The van der Waals surface area contributed by atoms with Gasteiger partial charge in [-0.05, 0) is 25.1 Å². The van der Waals surface area contributed by atoms with Gasteiger partial charge in [0.2, 0.25) is 10.0 Å². The number of amides is 1. The van der Waals surface area contributed by atoms with Gasteiger partial charge < -0.3 is 9.64 Å². The number of thioether (sulfide) groups is 1. The van der Waals surface area contributed by atoms with Crippen LogP contribution in [0.5, 0.6) is 0 Å². The fourth-order valence-corrected chi connectivity index (χ4v) is 4.54. The summed E-state index contributed by atoms with van der Waals surface area (Å²) in [5.74, 6) is 1.71. The van der Waals surface area contributed by atoms with Gasteiger partial charge in [-0.3, -0.25) is 4.79 Å². The standard InChI is InChI=1S/C15H22N2O4S2/c1-12(11-21-2)16-23(19,20)14-5-3-4-13(10-14)15(18)17-6-8-22-9-7-17/h3-5,10,12,16H,6-9,11H2,1-2H3/t12-/m0/s1. The lowest BCUT2D eigenvalue weighted by molar-refractivity contribution is 0.0772. The quantitative estimate of drug-likeness (QED) is 0.827. The summed E-state index contributed by atoms with van der Waals surface area (Å²) in [5, 5.41) is 0. The molecule has 1 heterocycles. The van der Waals surface area contributed by atoms with Crippen LogP contribution in [-0.4, -0.2) is 63.6 Å². The van der Waals surface area contributed by atoms with E-state index in [1.54, 1.807) is 24.0 Å². The molecule has 6 nitrogen and oxygen atoms in total. The number of benzene rings is 1. The lowest BCUT2D eigenvalue weighted by Crippen LogP contribution is -2.38. The van der Waals surface area contributed by atoms with E-state index in [4.69, 9.17) is 4.74 Å². The molecular formula is C15H22N2O4S2. The minimum absolute atomic E-state index is 0.0951. The van der Waals surface area contributed by atoms with Gasteiger partial charge >= 0.3 is 0 Å². The Labute approximate surface area is 141 Å². The Hall–Kier alpha value is -1.09. The summed E-state index contributed by atoms with van der Waals surface area (Å²) in [6.45, 7) is 3.40. The molecule has 0 saturated carbocycles. The fraction of sp³-hybridized carbons (Fsp3) is 0.533. The van der Waals surface area contributed by atoms with Crippen molar-refractivity contribution in [3.8, 4) is 0 Å². The zero-order chi connectivity index (χ0) is 16.9. The Morgan fingerprint density at radius 3 is 2.74 bits per heavy atom. The highest BCUT2D eigenvalue weighted by Gasteiger charge is 2.22. The van der Waals surface area contributed by atoms with Crippen LogP contribution in [0.3, 0.4) is 0 Å². The largest absolute Gasteiger partial charge is 0.383 e. The van der Waals surface area contributed by atoms with Gasteiger partial charge in [0.05, 0.1) is 11.5 Å². The first-order valence-corrected chi connectivity index (χ1v) is 10.1. The maximum absolute atomic E-state index is 12.5. The van der Waals surface area contributed by atoms with Crippen LogP contribution in [0.15, 0.2) is 29.2 Å². The molecule has 1 saturated heterocycles. The number of hydrogen-bond acceptors (Lipinski definition) is 5. The Morgan fingerprint density at radius 1 is 1.39 bits per heavy atom. The smallest absolute Gasteiger partial charge is 0.253 e. The van der Waals surface area contributed by atoms with Gasteiger partial charge in [-0.25, -0.2) is 13.1 Å². The Balaban J connectivity index is 2.17. The maximum Gasteiger partial charge on any atom is 0.253 e. The first-order valence-electron chi connectivity index (χ1n) is 7.42. The molecule has 1 aromatic carbocycles. The van der Waals surface area contributed by atoms with Crippen LogP contribution in [0.25, 0.3) is 0 Å². The van der Waals surface area contributed by atoms with Crippen LogP contribution in [0.1, 0.15) is 17.3 Å². The molecule has 1 N–H and O–H groups in total. The fourth-order valence-electron chi connectivity index (χ4n) is 2.36. The third-order valence-corrected chi connectivity index (χ3v) is 5.99. The second kappa shape index (κ2) is 8.14. The number of nitrogens with zero attached hydrogens (tertiary/aromatic N) is 1. The van der Waals surface area contributed by atoms with Crippen molar-refractivity contribution in [3.05, 3.63) is 29.8 Å². The SMILES string of the molecule is COC[C@H](C)NS(=O)(=O)c1cccc(C(=O)N2CCSCC2)c1. The molecule has 0 bridgehead atoms. The van der Waals surface area contributed by atoms with E-state index in [1.807, 2.05) is 11.8 Å². The number of sulfonamides is 1. The van der Waals surface area contributed by atoms with Crippen molar-refractivity contribution in [3.63, 3.8) is 0 Å². The molecular weight excluding hydrogens is 336 g/mol. The second-order valence-corrected chi connectivity index (χ2v) is 8.35. The summed E-state index contributed by atoms with van der Waals surface area (Å²) in [5.41, 5.74) is 0.402. The van der Waals surface area contributed by atoms with Crippen molar-refractivity contribution in [2.45, 2.75) is 17.9 Å². The average molecular weight is 358 g/mol. The van der Waals surface area contributed by atoms with Crippen LogP contribution in [-0.2, 0) is 14.8 Å². The zero-order valence-electron chi connectivity index (χ0n) is 13.3. The second-order valence-electron chi connectivity index (χ2n) is 5.41. The van der Waals surface area contributed by atoms with Gasteiger partial charge in [0.15, 0.2) is 0 Å². The average Bonchev–Trinajstić information content (AvgIpc) is 2.55. The Bertz CT molecular complexity index is 643. The number of hydrogen-bond donors (Lipinski definition) is 1. The van der Waals surface area contributed by atoms with Crippen LogP contribution in [0.4, 0.5) is 0 Å². The molecule has 1 aromatic rings. The lowest BCUT2D eigenvalue weighted by Gasteiger charge is -2.26. The normalized spacial score (nSPS) is 17.0. The van der Waals surface area contributed by atoms with E-state index in [0.717, 1.165) is 11.5 Å². The highest BCUT2D eigenvalue weighted by molar-refractivity contribution is 7.99. The summed E-state index contributed by atoms with van der Waals surface area (Å²) in [6, 6.07) is 5.84. The van der Waals surface area contributed by atoms with Crippen molar-refractivity contribution in [2.75, 3.05) is 38.3 Å². The summed E-state index contributed by atoms with van der Waals surface area (Å²) in [7, 11) is -2.16. The molecule has 0 unspecified atom stereocenters. The van der Waals surface area contributed by atoms with Crippen molar-refractivity contribution in [1.82, 2.24) is 9.62 Å². The topological polar surface area (TPSA) is 75.7 Å². The molecule has 1 atom stereocenters. The molecule has 1 aliphatic rings. The number of ether oxygens (including phenoxy) is 1. The molecule has 1 aliphatic heterocycles. The van der Waals surface area contributed by atoms with Crippen molar-refractivity contribution in [1.29, 1.82) is 0 Å². The van der Waals surface area contributed by atoms with E-state index in [-0.39, 0.29) is 23.5 Å². The van der Waals surface area contributed by atoms with E-state index < -0.39 is 10.0 Å². The van der Waals surface area contributed by atoms with Crippen LogP contribution < -0.4 is 4.72 Å². The molecule has 0 aromatic heterocycles. The Morgan fingerprint density at radius 2 is 2.09 bits per heavy atom. The lowest BCUT2D eigenvalue weighted by atomic mass is 10.2. The van der Waals surface area contributed by atoms with Gasteiger partial charge in [-0.2, -0.15) is 11.8 Å². The van der Waals surface area contributed by atoms with Crippen LogP contribution in [0.2, 0.25) is 0 Å². The molecule has 128 valence electrons. The highest BCUT2D eigenvalue weighted by Crippen LogP contribution is 2.16. The van der Waals surface area contributed by atoms with E-state index in [9.17, 15) is 13.2 Å². The predicted molar refractivity (Wildman–Crippen MR) is 91.3 cm³/mol. The van der Waals surface area contributed by atoms with Gasteiger partial charge in [-0.15, -0.1) is 0 Å². The summed E-state index contributed by atoms with van der Waals surface area (Å²) < 4.78 is 32.2. The van der Waals surface area contributed by atoms with Crippen LogP contribution in [0, 0.1) is 0 Å². The molecule has 23 heavy (non-hydrogen) atoms. The van der Waals surface area contributed by atoms with Crippen molar-refractivity contribution < 1.29 is 17.9 Å². The molecule has 0 radical (unpaired) electrons. The molecule has 2 rings (SSSR count). The third kappa shape index (κ3) is 4.94. The van der Waals surface area contributed by atoms with Gasteiger partial charge in [0.25, 0.3) is 5.91 Å². The van der Waals surface area contributed by atoms with Gasteiger partial charge in [0.1, 0.15) is 0 Å². The highest BCUT2D eigenvalue weighted by atomic mass is 32.2. The molecule has 1 amide bonds. The maximum atomic E-state index is 12.5. The van der Waals surface area contributed by atoms with E-state index in [1.165, 1.54) is 19.2 Å². The van der Waals surface area contributed by atoms with Crippen LogP contribution >= 0.6 is 11.8 Å². The summed E-state index contributed by atoms with van der Waals surface area (Å²) in [6.07, 6.45) is 0. The number of carbonyl (C=O) groups excluding carboxylic acids is 1. The summed E-state index contributed by atoms with van der Waals surface area (Å²) >= 11 is 1.82. The summed E-state index contributed by atoms with van der Waals surface area (Å²) in [4.78, 5) is 14.3. The van der Waals surface area contributed by atoms with E-state index in [0.29, 0.717) is 18.7 Å². The minimum atomic E-state index is -3.67. The molecule has 0 spiro atoms.